The molecular weight excluding hydrogens is 188 g/mol. The highest BCUT2D eigenvalue weighted by atomic mass is 16.3. The number of aliphatic hydroxyl groups excluding tert-OH is 1. The summed E-state index contributed by atoms with van der Waals surface area (Å²) in [7, 11) is 2.15. The monoisotopic (exact) mass is 206 g/mol. The Kier molecular flexibility index (Phi) is 3.23. The van der Waals surface area contributed by atoms with Crippen LogP contribution < -0.4 is 4.90 Å². The minimum Gasteiger partial charge on any atom is -0.392 e. The summed E-state index contributed by atoms with van der Waals surface area (Å²) in [6.07, 6.45) is 0. The number of anilines is 1. The second kappa shape index (κ2) is 4.64. The summed E-state index contributed by atoms with van der Waals surface area (Å²) >= 11 is 0. The molecule has 1 saturated heterocycles. The van der Waals surface area contributed by atoms with Crippen LogP contribution in [0.5, 0.6) is 0 Å². The van der Waals surface area contributed by atoms with Gasteiger partial charge in [-0.15, -0.1) is 0 Å². The van der Waals surface area contributed by atoms with E-state index in [1.54, 1.807) is 0 Å². The zero-order chi connectivity index (χ0) is 10.7. The fourth-order valence-corrected chi connectivity index (χ4v) is 2.00. The number of hydrogen-bond donors (Lipinski definition) is 1. The second-order valence-electron chi connectivity index (χ2n) is 4.08. The topological polar surface area (TPSA) is 26.7 Å². The van der Waals surface area contributed by atoms with Gasteiger partial charge in [0.15, 0.2) is 0 Å². The lowest BCUT2D eigenvalue weighted by Gasteiger charge is -2.35. The summed E-state index contributed by atoms with van der Waals surface area (Å²) in [6, 6.07) is 8.10. The number of likely N-dealkylation sites (N-methyl/N-ethyl adjacent to an activating group) is 1. The smallest absolute Gasteiger partial charge is 0.0702 e. The number of rotatable bonds is 2. The SMILES string of the molecule is CN1CCN(c2ccccc2CO)CC1. The molecule has 0 aliphatic carbocycles. The fraction of sp³-hybridized carbons (Fsp3) is 0.500. The lowest BCUT2D eigenvalue weighted by molar-refractivity contribution is 0.280. The van der Waals surface area contributed by atoms with Crippen LogP contribution in [0.3, 0.4) is 0 Å². The van der Waals surface area contributed by atoms with Crippen molar-refractivity contribution in [3.05, 3.63) is 29.8 Å². The van der Waals surface area contributed by atoms with Crippen LogP contribution in [0.4, 0.5) is 5.69 Å². The van der Waals surface area contributed by atoms with Crippen LogP contribution in [0, 0.1) is 0 Å². The van der Waals surface area contributed by atoms with Crippen LogP contribution in [0.1, 0.15) is 5.56 Å². The highest BCUT2D eigenvalue weighted by Gasteiger charge is 2.15. The molecule has 3 heteroatoms. The summed E-state index contributed by atoms with van der Waals surface area (Å²) in [5.41, 5.74) is 2.22. The number of hydrogen-bond acceptors (Lipinski definition) is 3. The first kappa shape index (κ1) is 10.5. The van der Waals surface area contributed by atoms with E-state index in [9.17, 15) is 5.11 Å². The van der Waals surface area contributed by atoms with Crippen molar-refractivity contribution in [1.29, 1.82) is 0 Å². The number of nitrogens with zero attached hydrogens (tertiary/aromatic N) is 2. The predicted molar refractivity (Wildman–Crippen MR) is 62.1 cm³/mol. The highest BCUT2D eigenvalue weighted by molar-refractivity contribution is 5.53. The Morgan fingerprint density at radius 2 is 1.80 bits per heavy atom. The summed E-state index contributed by atoms with van der Waals surface area (Å²) in [4.78, 5) is 4.68. The van der Waals surface area contributed by atoms with E-state index in [4.69, 9.17) is 0 Å². The molecule has 0 aromatic heterocycles. The van der Waals surface area contributed by atoms with Crippen LogP contribution >= 0.6 is 0 Å². The Morgan fingerprint density at radius 1 is 1.13 bits per heavy atom. The van der Waals surface area contributed by atoms with Crippen molar-refractivity contribution in [1.82, 2.24) is 4.90 Å². The largest absolute Gasteiger partial charge is 0.392 e. The van der Waals surface area contributed by atoms with Crippen LogP contribution in [0.15, 0.2) is 24.3 Å². The molecular formula is C12H18N2O. The van der Waals surface area contributed by atoms with Gasteiger partial charge in [0, 0.05) is 37.4 Å². The molecule has 1 aliphatic heterocycles. The minimum absolute atomic E-state index is 0.127. The van der Waals surface area contributed by atoms with Gasteiger partial charge in [-0.25, -0.2) is 0 Å². The maximum atomic E-state index is 9.26. The number of para-hydroxylation sites is 1. The summed E-state index contributed by atoms with van der Waals surface area (Å²) in [5, 5.41) is 9.26. The van der Waals surface area contributed by atoms with Gasteiger partial charge in [-0.2, -0.15) is 0 Å². The molecule has 1 aromatic rings. The second-order valence-corrected chi connectivity index (χ2v) is 4.08. The fourth-order valence-electron chi connectivity index (χ4n) is 2.00. The molecule has 0 radical (unpaired) electrons. The van der Waals surface area contributed by atoms with Crippen molar-refractivity contribution >= 4 is 5.69 Å². The molecule has 1 fully saturated rings. The highest BCUT2D eigenvalue weighted by Crippen LogP contribution is 2.21. The number of benzene rings is 1. The zero-order valence-corrected chi connectivity index (χ0v) is 9.19. The van der Waals surface area contributed by atoms with E-state index in [-0.39, 0.29) is 6.61 Å². The van der Waals surface area contributed by atoms with Gasteiger partial charge >= 0.3 is 0 Å². The van der Waals surface area contributed by atoms with Gasteiger partial charge in [0.25, 0.3) is 0 Å². The Labute approximate surface area is 90.9 Å². The van der Waals surface area contributed by atoms with E-state index in [1.165, 1.54) is 5.69 Å². The standard InChI is InChI=1S/C12H18N2O/c1-13-6-8-14(9-7-13)12-5-3-2-4-11(12)10-15/h2-5,15H,6-10H2,1H3. The lowest BCUT2D eigenvalue weighted by atomic mass is 10.1. The third kappa shape index (κ3) is 2.30. The van der Waals surface area contributed by atoms with Crippen LogP contribution in [-0.4, -0.2) is 43.2 Å². The van der Waals surface area contributed by atoms with Crippen LogP contribution in [0.2, 0.25) is 0 Å². The van der Waals surface area contributed by atoms with Crippen LogP contribution in [-0.2, 0) is 6.61 Å². The van der Waals surface area contributed by atoms with Gasteiger partial charge in [0.2, 0.25) is 0 Å². The van der Waals surface area contributed by atoms with E-state index >= 15 is 0 Å². The maximum Gasteiger partial charge on any atom is 0.0702 e. The van der Waals surface area contributed by atoms with Crippen molar-refractivity contribution in [3.63, 3.8) is 0 Å². The van der Waals surface area contributed by atoms with Gasteiger partial charge in [-0.3, -0.25) is 0 Å². The van der Waals surface area contributed by atoms with E-state index in [2.05, 4.69) is 22.9 Å². The average Bonchev–Trinajstić information content (AvgIpc) is 2.30. The van der Waals surface area contributed by atoms with E-state index in [1.807, 2.05) is 18.2 Å². The minimum atomic E-state index is 0.127. The maximum absolute atomic E-state index is 9.26. The Hall–Kier alpha value is -1.06. The molecule has 1 aromatic carbocycles. The van der Waals surface area contributed by atoms with Gasteiger partial charge in [0.05, 0.1) is 6.61 Å². The summed E-state index contributed by atoms with van der Waals surface area (Å²) < 4.78 is 0. The molecule has 1 heterocycles. The number of piperazine rings is 1. The quantitative estimate of drug-likeness (QED) is 0.780. The van der Waals surface area contributed by atoms with Gasteiger partial charge < -0.3 is 14.9 Å². The van der Waals surface area contributed by atoms with E-state index < -0.39 is 0 Å². The molecule has 0 spiro atoms. The number of aliphatic hydroxyl groups is 1. The summed E-state index contributed by atoms with van der Waals surface area (Å²) in [6.45, 7) is 4.42. The molecule has 82 valence electrons. The molecule has 2 rings (SSSR count). The third-order valence-electron chi connectivity index (χ3n) is 3.01. The zero-order valence-electron chi connectivity index (χ0n) is 9.19. The molecule has 3 nitrogen and oxygen atoms in total. The van der Waals surface area contributed by atoms with Crippen LogP contribution in [0.25, 0.3) is 0 Å². The first-order valence-corrected chi connectivity index (χ1v) is 5.43. The Bertz CT molecular complexity index is 319. The molecule has 0 amide bonds. The van der Waals surface area contributed by atoms with E-state index in [0.717, 1.165) is 31.7 Å². The van der Waals surface area contributed by atoms with Crippen molar-refractivity contribution in [2.75, 3.05) is 38.1 Å². The molecule has 0 bridgehead atoms. The Balaban J connectivity index is 2.15. The van der Waals surface area contributed by atoms with Gasteiger partial charge in [-0.1, -0.05) is 18.2 Å². The van der Waals surface area contributed by atoms with Gasteiger partial charge in [0.1, 0.15) is 0 Å². The molecule has 15 heavy (non-hydrogen) atoms. The first-order valence-electron chi connectivity index (χ1n) is 5.43. The van der Waals surface area contributed by atoms with E-state index in [0.29, 0.717) is 0 Å². The van der Waals surface area contributed by atoms with Gasteiger partial charge in [-0.05, 0) is 13.1 Å². The summed E-state index contributed by atoms with van der Waals surface area (Å²) in [5.74, 6) is 0. The van der Waals surface area contributed by atoms with Crippen molar-refractivity contribution in [2.45, 2.75) is 6.61 Å². The molecule has 0 atom stereocenters. The van der Waals surface area contributed by atoms with Crippen molar-refractivity contribution in [3.8, 4) is 0 Å². The molecule has 0 unspecified atom stereocenters. The third-order valence-corrected chi connectivity index (χ3v) is 3.01. The average molecular weight is 206 g/mol. The van der Waals surface area contributed by atoms with Crippen molar-refractivity contribution < 1.29 is 5.11 Å². The molecule has 0 saturated carbocycles. The Morgan fingerprint density at radius 3 is 2.47 bits per heavy atom. The molecule has 1 aliphatic rings. The molecule has 1 N–H and O–H groups in total. The van der Waals surface area contributed by atoms with Crippen molar-refractivity contribution in [2.24, 2.45) is 0 Å². The predicted octanol–water partition coefficient (Wildman–Crippen LogP) is 0.931. The first-order chi connectivity index (χ1) is 7.31. The lowest BCUT2D eigenvalue weighted by Crippen LogP contribution is -2.44. The normalized spacial score (nSPS) is 18.1.